The van der Waals surface area contributed by atoms with E-state index in [4.69, 9.17) is 22.1 Å². The zero-order valence-corrected chi connectivity index (χ0v) is 19.2. The summed E-state index contributed by atoms with van der Waals surface area (Å²) in [6.07, 6.45) is 2.79. The van der Waals surface area contributed by atoms with Gasteiger partial charge in [-0.1, -0.05) is 35.9 Å². The number of hydrogen-bond acceptors (Lipinski definition) is 6. The lowest BCUT2D eigenvalue weighted by molar-refractivity contribution is 1.16. The molecule has 172 valence electrons. The van der Waals surface area contributed by atoms with Gasteiger partial charge in [-0.3, -0.25) is 4.79 Å². The maximum absolute atomic E-state index is 11.6. The van der Waals surface area contributed by atoms with Gasteiger partial charge in [0.15, 0.2) is 0 Å². The number of aromatic nitrogens is 6. The molecule has 0 bridgehead atoms. The molecule has 0 aliphatic rings. The van der Waals surface area contributed by atoms with Crippen molar-refractivity contribution < 1.29 is 0 Å². The highest BCUT2D eigenvalue weighted by atomic mass is 35.5. The van der Waals surface area contributed by atoms with Crippen LogP contribution in [-0.2, 0) is 0 Å². The first-order valence-electron chi connectivity index (χ1n) is 10.6. The molecule has 10 heteroatoms. The molecule has 0 aliphatic carbocycles. The molecule has 4 heterocycles. The van der Waals surface area contributed by atoms with Gasteiger partial charge in [-0.25, -0.2) is 15.0 Å². The molecule has 36 heavy (non-hydrogen) atoms. The number of rotatable bonds is 2. The van der Waals surface area contributed by atoms with Crippen LogP contribution in [0.5, 0.6) is 0 Å². The fraction of sp³-hybridized carbons (Fsp3) is 0. The minimum atomic E-state index is -0.170. The Balaban J connectivity index is 0.000000148. The van der Waals surface area contributed by atoms with Gasteiger partial charge in [0.25, 0.3) is 5.56 Å². The number of nitrogens with zero attached hydrogens (tertiary/aromatic N) is 5. The maximum Gasteiger partial charge on any atom is 0.260 e. The van der Waals surface area contributed by atoms with Gasteiger partial charge in [0, 0.05) is 11.4 Å². The number of benzene rings is 2. The molecule has 0 amide bonds. The third-order valence-corrected chi connectivity index (χ3v) is 5.76. The van der Waals surface area contributed by atoms with Crippen LogP contribution in [-0.4, -0.2) is 29.9 Å². The Labute approximate surface area is 208 Å². The summed E-state index contributed by atoms with van der Waals surface area (Å²) in [5.41, 5.74) is 5.91. The summed E-state index contributed by atoms with van der Waals surface area (Å²) in [4.78, 5) is 32.5. The average Bonchev–Trinajstić information content (AvgIpc) is 3.56. The maximum atomic E-state index is 11.6. The van der Waals surface area contributed by atoms with E-state index in [0.29, 0.717) is 33.0 Å². The summed E-state index contributed by atoms with van der Waals surface area (Å²) >= 11 is 5.99. The Kier molecular flexibility index (Phi) is 5.98. The van der Waals surface area contributed by atoms with Gasteiger partial charge < -0.3 is 15.0 Å². The van der Waals surface area contributed by atoms with Gasteiger partial charge in [0.1, 0.15) is 22.8 Å². The van der Waals surface area contributed by atoms with E-state index in [2.05, 4.69) is 42.0 Å². The zero-order chi connectivity index (χ0) is 25.1. The summed E-state index contributed by atoms with van der Waals surface area (Å²) in [5.74, 6) is 0. The molecule has 0 aliphatic heterocycles. The van der Waals surface area contributed by atoms with E-state index in [1.54, 1.807) is 30.3 Å². The van der Waals surface area contributed by atoms with E-state index in [-0.39, 0.29) is 5.56 Å². The lowest BCUT2D eigenvalue weighted by atomic mass is 10.1. The SMILES string of the molecule is N#Cc1ccc(-c2cc3c(=O)[nH]cnc3[nH]2)cc1.N#Cc1ccc(-c2cc3c(Cl)ncnc3[nH]2)cc1. The van der Waals surface area contributed by atoms with Crippen LogP contribution in [0.4, 0.5) is 0 Å². The molecule has 0 atom stereocenters. The first-order valence-corrected chi connectivity index (χ1v) is 11.0. The van der Waals surface area contributed by atoms with Crippen LogP contribution < -0.4 is 5.56 Å². The number of halogens is 1. The summed E-state index contributed by atoms with van der Waals surface area (Å²) in [6.45, 7) is 0. The minimum absolute atomic E-state index is 0.170. The largest absolute Gasteiger partial charge is 0.339 e. The smallest absolute Gasteiger partial charge is 0.260 e. The monoisotopic (exact) mass is 490 g/mol. The zero-order valence-electron chi connectivity index (χ0n) is 18.5. The molecule has 4 aromatic heterocycles. The average molecular weight is 491 g/mol. The normalized spacial score (nSPS) is 10.4. The number of nitriles is 2. The van der Waals surface area contributed by atoms with E-state index >= 15 is 0 Å². The van der Waals surface area contributed by atoms with Gasteiger partial charge in [0.05, 0.1) is 40.4 Å². The lowest BCUT2D eigenvalue weighted by Crippen LogP contribution is -2.04. The number of nitrogens with one attached hydrogen (secondary N) is 3. The van der Waals surface area contributed by atoms with Gasteiger partial charge in [-0.2, -0.15) is 10.5 Å². The third-order valence-electron chi connectivity index (χ3n) is 5.46. The Morgan fingerprint density at radius 2 is 1.25 bits per heavy atom. The summed E-state index contributed by atoms with van der Waals surface area (Å²) in [7, 11) is 0. The Bertz CT molecular complexity index is 1830. The highest BCUT2D eigenvalue weighted by Crippen LogP contribution is 2.26. The summed E-state index contributed by atoms with van der Waals surface area (Å²) < 4.78 is 0. The van der Waals surface area contributed by atoms with Crippen molar-refractivity contribution in [2.24, 2.45) is 0 Å². The van der Waals surface area contributed by atoms with Crippen molar-refractivity contribution in [3.8, 4) is 34.7 Å². The van der Waals surface area contributed by atoms with E-state index < -0.39 is 0 Å². The Morgan fingerprint density at radius 1 is 0.722 bits per heavy atom. The van der Waals surface area contributed by atoms with E-state index in [1.165, 1.54) is 12.7 Å². The molecule has 6 rings (SSSR count). The van der Waals surface area contributed by atoms with E-state index in [1.807, 2.05) is 30.3 Å². The van der Waals surface area contributed by atoms with Crippen molar-refractivity contribution in [2.75, 3.05) is 0 Å². The van der Waals surface area contributed by atoms with Gasteiger partial charge in [-0.15, -0.1) is 0 Å². The quantitative estimate of drug-likeness (QED) is 0.292. The second-order valence-corrected chi connectivity index (χ2v) is 8.02. The van der Waals surface area contributed by atoms with Crippen molar-refractivity contribution in [1.29, 1.82) is 10.5 Å². The van der Waals surface area contributed by atoms with Crippen LogP contribution in [0.25, 0.3) is 44.6 Å². The molecule has 0 saturated heterocycles. The van der Waals surface area contributed by atoms with E-state index in [0.717, 1.165) is 27.9 Å². The summed E-state index contributed by atoms with van der Waals surface area (Å²) in [6, 6.07) is 22.2. The molecule has 0 saturated carbocycles. The Morgan fingerprint density at radius 3 is 1.75 bits per heavy atom. The highest BCUT2D eigenvalue weighted by molar-refractivity contribution is 6.34. The number of aromatic amines is 3. The van der Waals surface area contributed by atoms with Crippen molar-refractivity contribution >= 4 is 33.7 Å². The molecule has 9 nitrogen and oxygen atoms in total. The molecule has 2 aromatic carbocycles. The van der Waals surface area contributed by atoms with Crippen LogP contribution in [0.15, 0.2) is 78.1 Å². The minimum Gasteiger partial charge on any atom is -0.339 e. The number of fused-ring (bicyclic) bond motifs is 2. The molecule has 0 fully saturated rings. The van der Waals surface area contributed by atoms with Crippen molar-refractivity contribution in [1.82, 2.24) is 29.9 Å². The first-order chi connectivity index (χ1) is 17.6. The van der Waals surface area contributed by atoms with Gasteiger partial charge in [0.2, 0.25) is 0 Å². The van der Waals surface area contributed by atoms with Crippen molar-refractivity contribution in [3.05, 3.63) is 100.0 Å². The first kappa shape index (κ1) is 22.5. The van der Waals surface area contributed by atoms with Crippen LogP contribution >= 0.6 is 11.6 Å². The highest BCUT2D eigenvalue weighted by Gasteiger charge is 2.08. The van der Waals surface area contributed by atoms with Crippen LogP contribution in [0.3, 0.4) is 0 Å². The molecule has 6 aromatic rings. The fourth-order valence-corrected chi connectivity index (χ4v) is 3.81. The third kappa shape index (κ3) is 4.42. The number of hydrogen-bond donors (Lipinski definition) is 3. The molecule has 0 unspecified atom stereocenters. The topological polar surface area (TPSA) is 151 Å². The molecular weight excluding hydrogens is 476 g/mol. The summed E-state index contributed by atoms with van der Waals surface area (Å²) in [5, 5.41) is 19.2. The van der Waals surface area contributed by atoms with Gasteiger partial charge >= 0.3 is 0 Å². The predicted molar refractivity (Wildman–Crippen MR) is 136 cm³/mol. The van der Waals surface area contributed by atoms with E-state index in [9.17, 15) is 4.79 Å². The van der Waals surface area contributed by atoms with Gasteiger partial charge in [-0.05, 0) is 47.5 Å². The second-order valence-electron chi connectivity index (χ2n) is 7.67. The number of H-pyrrole nitrogens is 3. The second kappa shape index (κ2) is 9.55. The molecular formula is C26H15ClN8O. The van der Waals surface area contributed by atoms with Crippen molar-refractivity contribution in [2.45, 2.75) is 0 Å². The van der Waals surface area contributed by atoms with Crippen LogP contribution in [0.2, 0.25) is 5.15 Å². The lowest BCUT2D eigenvalue weighted by Gasteiger charge is -1.96. The predicted octanol–water partition coefficient (Wildman–Crippen LogP) is 4.94. The molecule has 3 N–H and O–H groups in total. The van der Waals surface area contributed by atoms with Crippen LogP contribution in [0, 0.1) is 22.7 Å². The molecule has 0 radical (unpaired) electrons. The fourth-order valence-electron chi connectivity index (χ4n) is 3.62. The van der Waals surface area contributed by atoms with Crippen molar-refractivity contribution in [3.63, 3.8) is 0 Å². The standard InChI is InChI=1S/C13H7ClN4.C13H8N4O/c14-12-10-5-11(18-13(10)17-7-16-12)9-3-1-8(6-15)2-4-9;14-6-8-1-3-9(4-2-8)11-5-10-12(17-11)15-7-16-13(10)18/h1-5,7H,(H,16,17,18);1-5,7H,(H2,15,16,17,18). The Hall–Kier alpha value is -5.25. The molecule has 0 spiro atoms. The van der Waals surface area contributed by atoms with Crippen LogP contribution in [0.1, 0.15) is 11.1 Å².